The minimum absolute atomic E-state index is 0.247. The highest BCUT2D eigenvalue weighted by Gasteiger charge is 2.24. The highest BCUT2D eigenvalue weighted by Crippen LogP contribution is 2.16. The maximum absolute atomic E-state index is 10.7. The first-order valence-corrected chi connectivity index (χ1v) is 5.23. The highest BCUT2D eigenvalue weighted by molar-refractivity contribution is 5.69. The molecule has 14 heavy (non-hydrogen) atoms. The van der Waals surface area contributed by atoms with Gasteiger partial charge >= 0.3 is 5.97 Å². The Hall–Kier alpha value is -0.610. The molecular weight excluding hydrogens is 180 g/mol. The number of aliphatic carboxylic acids is 1. The molecule has 2 unspecified atom stereocenters. The van der Waals surface area contributed by atoms with E-state index in [1.165, 1.54) is 6.42 Å². The normalized spacial score (nSPS) is 25.1. The van der Waals surface area contributed by atoms with Crippen molar-refractivity contribution in [2.24, 2.45) is 11.8 Å². The van der Waals surface area contributed by atoms with Gasteiger partial charge in [0.15, 0.2) is 0 Å². The number of hydrogen-bond acceptors (Lipinski definition) is 3. The van der Waals surface area contributed by atoms with Crippen LogP contribution in [0.5, 0.6) is 0 Å². The smallest absolute Gasteiger partial charge is 0.307 e. The Morgan fingerprint density at radius 1 is 1.71 bits per heavy atom. The van der Waals surface area contributed by atoms with E-state index in [-0.39, 0.29) is 5.92 Å². The molecule has 4 heteroatoms. The molecule has 2 atom stereocenters. The quantitative estimate of drug-likeness (QED) is 0.668. The van der Waals surface area contributed by atoms with Crippen LogP contribution >= 0.6 is 0 Å². The largest absolute Gasteiger partial charge is 0.481 e. The summed E-state index contributed by atoms with van der Waals surface area (Å²) in [6.07, 6.45) is 1.19. The summed E-state index contributed by atoms with van der Waals surface area (Å²) >= 11 is 0. The van der Waals surface area contributed by atoms with Crippen LogP contribution in [0.15, 0.2) is 0 Å². The van der Waals surface area contributed by atoms with Crippen LogP contribution in [0.1, 0.15) is 13.3 Å². The molecule has 4 nitrogen and oxygen atoms in total. The van der Waals surface area contributed by atoms with Crippen molar-refractivity contribution in [1.29, 1.82) is 0 Å². The zero-order valence-electron chi connectivity index (χ0n) is 8.99. The standard InChI is InChI=1S/C10H20N2O2/c1-8(10(13)14)6-12-4-3-9(7-12)5-11-2/h8-9,11H,3-7H2,1-2H3,(H,13,14). The number of hydrogen-bond donors (Lipinski definition) is 2. The van der Waals surface area contributed by atoms with Crippen molar-refractivity contribution >= 4 is 5.97 Å². The first-order valence-electron chi connectivity index (χ1n) is 5.23. The van der Waals surface area contributed by atoms with Crippen molar-refractivity contribution in [1.82, 2.24) is 10.2 Å². The van der Waals surface area contributed by atoms with Gasteiger partial charge in [0.1, 0.15) is 0 Å². The highest BCUT2D eigenvalue weighted by atomic mass is 16.4. The van der Waals surface area contributed by atoms with E-state index in [9.17, 15) is 4.79 Å². The van der Waals surface area contributed by atoms with Gasteiger partial charge in [0, 0.05) is 13.1 Å². The van der Waals surface area contributed by atoms with Crippen LogP contribution in [0.2, 0.25) is 0 Å². The van der Waals surface area contributed by atoms with E-state index >= 15 is 0 Å². The lowest BCUT2D eigenvalue weighted by Gasteiger charge is -2.18. The molecule has 82 valence electrons. The molecule has 0 aromatic heterocycles. The summed E-state index contributed by atoms with van der Waals surface area (Å²) in [5.74, 6) is -0.244. The molecule has 0 amide bonds. The molecule has 1 saturated heterocycles. The average Bonchev–Trinajstić information content (AvgIpc) is 2.53. The number of rotatable bonds is 5. The predicted octanol–water partition coefficient (Wildman–Crippen LogP) is 0.248. The van der Waals surface area contributed by atoms with E-state index in [1.54, 1.807) is 6.92 Å². The molecular formula is C10H20N2O2. The zero-order chi connectivity index (χ0) is 10.6. The maximum Gasteiger partial charge on any atom is 0.307 e. The van der Waals surface area contributed by atoms with E-state index in [0.717, 1.165) is 19.6 Å². The van der Waals surface area contributed by atoms with Crippen molar-refractivity contribution in [2.45, 2.75) is 13.3 Å². The molecule has 0 aliphatic carbocycles. The minimum Gasteiger partial charge on any atom is -0.481 e. The van der Waals surface area contributed by atoms with Gasteiger partial charge < -0.3 is 15.3 Å². The number of nitrogens with zero attached hydrogens (tertiary/aromatic N) is 1. The number of carboxylic acid groups (broad SMARTS) is 1. The van der Waals surface area contributed by atoms with E-state index in [2.05, 4.69) is 10.2 Å². The van der Waals surface area contributed by atoms with Crippen molar-refractivity contribution in [3.05, 3.63) is 0 Å². The summed E-state index contributed by atoms with van der Waals surface area (Å²) in [7, 11) is 1.96. The van der Waals surface area contributed by atoms with Crippen LogP contribution in [-0.4, -0.2) is 49.2 Å². The van der Waals surface area contributed by atoms with Crippen LogP contribution < -0.4 is 5.32 Å². The van der Waals surface area contributed by atoms with Gasteiger partial charge in [-0.15, -0.1) is 0 Å². The molecule has 1 rings (SSSR count). The Kier molecular flexibility index (Phi) is 4.35. The maximum atomic E-state index is 10.7. The van der Waals surface area contributed by atoms with Crippen molar-refractivity contribution in [3.8, 4) is 0 Å². The second kappa shape index (κ2) is 5.32. The third-order valence-corrected chi connectivity index (χ3v) is 2.82. The van der Waals surface area contributed by atoms with E-state index < -0.39 is 5.97 Å². The number of carboxylic acids is 1. The summed E-state index contributed by atoms with van der Waals surface area (Å²) in [5, 5.41) is 11.9. The summed E-state index contributed by atoms with van der Waals surface area (Å²) in [6, 6.07) is 0. The van der Waals surface area contributed by atoms with Gasteiger partial charge in [-0.05, 0) is 32.5 Å². The molecule has 1 fully saturated rings. The lowest BCUT2D eigenvalue weighted by atomic mass is 10.1. The fourth-order valence-electron chi connectivity index (χ4n) is 2.00. The van der Waals surface area contributed by atoms with Gasteiger partial charge in [0.05, 0.1) is 5.92 Å². The molecule has 0 radical (unpaired) electrons. The molecule has 0 saturated carbocycles. The summed E-state index contributed by atoms with van der Waals surface area (Å²) < 4.78 is 0. The summed E-state index contributed by atoms with van der Waals surface area (Å²) in [5.41, 5.74) is 0. The van der Waals surface area contributed by atoms with Crippen LogP contribution in [0, 0.1) is 11.8 Å². The minimum atomic E-state index is -0.693. The number of likely N-dealkylation sites (tertiary alicyclic amines) is 1. The van der Waals surface area contributed by atoms with Crippen molar-refractivity contribution in [2.75, 3.05) is 33.2 Å². The Morgan fingerprint density at radius 3 is 3.00 bits per heavy atom. The first kappa shape index (κ1) is 11.5. The lowest BCUT2D eigenvalue weighted by Crippen LogP contribution is -2.31. The molecule has 0 aromatic carbocycles. The molecule has 1 aliphatic rings. The second-order valence-corrected chi connectivity index (χ2v) is 4.21. The fraction of sp³-hybridized carbons (Fsp3) is 0.900. The third kappa shape index (κ3) is 3.27. The predicted molar refractivity (Wildman–Crippen MR) is 55.3 cm³/mol. The van der Waals surface area contributed by atoms with Crippen LogP contribution in [0.25, 0.3) is 0 Å². The molecule has 1 heterocycles. The summed E-state index contributed by atoms with van der Waals surface area (Å²) in [6.45, 7) is 5.59. The first-order chi connectivity index (χ1) is 6.63. The Bertz CT molecular complexity index is 197. The average molecular weight is 200 g/mol. The topological polar surface area (TPSA) is 52.6 Å². The Morgan fingerprint density at radius 2 is 2.43 bits per heavy atom. The summed E-state index contributed by atoms with van der Waals surface area (Å²) in [4.78, 5) is 12.9. The van der Waals surface area contributed by atoms with E-state index in [1.807, 2.05) is 7.05 Å². The van der Waals surface area contributed by atoms with Gasteiger partial charge in [-0.3, -0.25) is 4.79 Å². The molecule has 0 aromatic rings. The van der Waals surface area contributed by atoms with Gasteiger partial charge in [0.25, 0.3) is 0 Å². The second-order valence-electron chi connectivity index (χ2n) is 4.21. The Labute approximate surface area is 85.3 Å². The number of nitrogens with one attached hydrogen (secondary N) is 1. The van der Waals surface area contributed by atoms with Crippen LogP contribution in [0.4, 0.5) is 0 Å². The fourth-order valence-corrected chi connectivity index (χ4v) is 2.00. The Balaban J connectivity index is 2.25. The van der Waals surface area contributed by atoms with Gasteiger partial charge in [0.2, 0.25) is 0 Å². The molecule has 0 bridgehead atoms. The van der Waals surface area contributed by atoms with Gasteiger partial charge in [-0.2, -0.15) is 0 Å². The lowest BCUT2D eigenvalue weighted by molar-refractivity contribution is -0.141. The van der Waals surface area contributed by atoms with E-state index in [0.29, 0.717) is 12.5 Å². The number of carbonyl (C=O) groups is 1. The van der Waals surface area contributed by atoms with E-state index in [4.69, 9.17) is 5.11 Å². The van der Waals surface area contributed by atoms with Gasteiger partial charge in [-0.25, -0.2) is 0 Å². The molecule has 2 N–H and O–H groups in total. The molecule has 0 spiro atoms. The van der Waals surface area contributed by atoms with Crippen LogP contribution in [-0.2, 0) is 4.79 Å². The van der Waals surface area contributed by atoms with Crippen molar-refractivity contribution in [3.63, 3.8) is 0 Å². The molecule has 1 aliphatic heterocycles. The third-order valence-electron chi connectivity index (χ3n) is 2.82. The van der Waals surface area contributed by atoms with Crippen LogP contribution in [0.3, 0.4) is 0 Å². The zero-order valence-corrected chi connectivity index (χ0v) is 8.99. The SMILES string of the molecule is CNCC1CCN(CC(C)C(=O)O)C1. The van der Waals surface area contributed by atoms with Gasteiger partial charge in [-0.1, -0.05) is 6.92 Å². The monoisotopic (exact) mass is 200 g/mol. The van der Waals surface area contributed by atoms with Crippen molar-refractivity contribution < 1.29 is 9.90 Å².